The number of alkyl halides is 6. The first-order valence-corrected chi connectivity index (χ1v) is 21.4. The maximum absolute atomic E-state index is 13.0. The molecule has 334 valence electrons. The number of hydrogen-bond donors (Lipinski definition) is 4. The Morgan fingerprint density at radius 1 is 0.639 bits per heavy atom. The zero-order chi connectivity index (χ0) is 47.0. The molecule has 0 aliphatic carbocycles. The summed E-state index contributed by atoms with van der Waals surface area (Å²) < 4.78 is 128. The van der Waals surface area contributed by atoms with Crippen molar-refractivity contribution in [1.82, 2.24) is 0 Å². The van der Waals surface area contributed by atoms with E-state index >= 15 is 0 Å². The number of halogens is 8. The van der Waals surface area contributed by atoms with E-state index in [1.807, 2.05) is 55.4 Å². The molecule has 0 bridgehead atoms. The van der Waals surface area contributed by atoms with Gasteiger partial charge in [0.2, 0.25) is 0 Å². The predicted molar refractivity (Wildman–Crippen MR) is 220 cm³/mol. The molecule has 21 heteroatoms. The number of rotatable bonds is 8. The zero-order valence-electron chi connectivity index (χ0n) is 33.9. The number of carbonyl (C=O) groups excluding carboxylic acids is 2. The van der Waals surface area contributed by atoms with Gasteiger partial charge in [0.25, 0.3) is 31.5 Å². The van der Waals surface area contributed by atoms with E-state index in [0.717, 1.165) is 12.1 Å². The SMILES string of the molecule is CC(C)c1ccc(C(C)(C)C)c(O)c1C(=O)Nc1ccc(S(=O)(=O)C(F)(F)F)cc1Cl.COc1cc(C(=O)Nc2ccc(S(=O)(=O)C(F)(F)F)cc2Cl)c(O)c(C(C)(C)C)c1. The van der Waals surface area contributed by atoms with Gasteiger partial charge in [0.15, 0.2) is 0 Å². The van der Waals surface area contributed by atoms with Crippen molar-refractivity contribution in [2.75, 3.05) is 17.7 Å². The Hall–Kier alpha value is -4.72. The van der Waals surface area contributed by atoms with Crippen LogP contribution in [0.3, 0.4) is 0 Å². The third kappa shape index (κ3) is 11.2. The van der Waals surface area contributed by atoms with Gasteiger partial charge in [-0.15, -0.1) is 0 Å². The lowest BCUT2D eigenvalue weighted by molar-refractivity contribution is -0.0442. The van der Waals surface area contributed by atoms with Crippen LogP contribution in [0.25, 0.3) is 0 Å². The second kappa shape index (κ2) is 17.9. The summed E-state index contributed by atoms with van der Waals surface area (Å²) in [5.41, 5.74) is -10.8. The monoisotopic (exact) mass is 942 g/mol. The van der Waals surface area contributed by atoms with Crippen molar-refractivity contribution >= 4 is 66.1 Å². The molecule has 0 heterocycles. The Kier molecular flexibility index (Phi) is 14.9. The van der Waals surface area contributed by atoms with Gasteiger partial charge in [0, 0.05) is 11.1 Å². The number of methoxy groups -OCH3 is 1. The number of anilines is 2. The second-order valence-electron chi connectivity index (χ2n) is 15.7. The molecular formula is C40H42Cl2F6N2O9S2. The van der Waals surface area contributed by atoms with Crippen molar-refractivity contribution in [2.45, 2.75) is 92.9 Å². The van der Waals surface area contributed by atoms with Crippen LogP contribution in [0.1, 0.15) is 98.7 Å². The van der Waals surface area contributed by atoms with Gasteiger partial charge in [-0.05, 0) is 70.8 Å². The molecule has 4 rings (SSSR count). The molecular weight excluding hydrogens is 901 g/mol. The molecule has 0 aromatic heterocycles. The maximum Gasteiger partial charge on any atom is 0.501 e. The highest BCUT2D eigenvalue weighted by atomic mass is 35.5. The van der Waals surface area contributed by atoms with Crippen molar-refractivity contribution in [2.24, 2.45) is 0 Å². The van der Waals surface area contributed by atoms with E-state index in [1.165, 1.54) is 13.2 Å². The normalized spacial score (nSPS) is 12.7. The van der Waals surface area contributed by atoms with E-state index < -0.39 is 73.2 Å². The van der Waals surface area contributed by atoms with Crippen molar-refractivity contribution in [3.05, 3.63) is 98.5 Å². The molecule has 0 aliphatic rings. The summed E-state index contributed by atoms with van der Waals surface area (Å²) in [4.78, 5) is 23.6. The van der Waals surface area contributed by atoms with E-state index in [2.05, 4.69) is 10.6 Å². The van der Waals surface area contributed by atoms with Gasteiger partial charge in [-0.25, -0.2) is 16.8 Å². The summed E-state index contributed by atoms with van der Waals surface area (Å²) in [5.74, 6) is -1.85. The molecule has 0 spiro atoms. The molecule has 4 N–H and O–H groups in total. The van der Waals surface area contributed by atoms with Gasteiger partial charge in [-0.3, -0.25) is 9.59 Å². The van der Waals surface area contributed by atoms with E-state index in [9.17, 15) is 63.0 Å². The Bertz CT molecular complexity index is 2570. The Balaban J connectivity index is 0.000000325. The summed E-state index contributed by atoms with van der Waals surface area (Å²) in [6.45, 7) is 14.7. The van der Waals surface area contributed by atoms with Crippen LogP contribution in [0.4, 0.5) is 37.7 Å². The molecule has 0 saturated heterocycles. The number of phenolic OH excluding ortho intramolecular Hbond substituents is 2. The average Bonchev–Trinajstić information content (AvgIpc) is 3.11. The van der Waals surface area contributed by atoms with E-state index in [4.69, 9.17) is 27.9 Å². The van der Waals surface area contributed by atoms with Gasteiger partial charge in [-0.2, -0.15) is 26.3 Å². The van der Waals surface area contributed by atoms with Gasteiger partial charge < -0.3 is 25.6 Å². The van der Waals surface area contributed by atoms with E-state index in [1.54, 1.807) is 18.2 Å². The fourth-order valence-corrected chi connectivity index (χ4v) is 7.73. The third-order valence-electron chi connectivity index (χ3n) is 8.85. The fraction of sp³-hybridized carbons (Fsp3) is 0.350. The first-order chi connectivity index (χ1) is 27.6. The van der Waals surface area contributed by atoms with Crippen molar-refractivity contribution in [3.8, 4) is 17.2 Å². The average molecular weight is 944 g/mol. The van der Waals surface area contributed by atoms with Gasteiger partial charge in [-0.1, -0.05) is 90.7 Å². The minimum atomic E-state index is -5.59. The molecule has 0 saturated carbocycles. The smallest absolute Gasteiger partial charge is 0.501 e. The summed E-state index contributed by atoms with van der Waals surface area (Å²) in [6, 6.07) is 10.8. The standard InChI is InChI=1S/C21H23ClF3NO4S.C19H19ClF3NO5S/c1-11(2)13-7-8-14(20(3,4)5)18(27)17(13)19(28)26-16-9-6-12(10-15(16)22)31(29,30)21(23,24)25;1-18(2,3)13-8-10(29-4)7-12(16(13)25)17(26)24-15-6-5-11(9-14(15)20)30(27,28)19(21,22)23/h6-11,27H,1-5H3,(H,26,28);5-9,25H,1-4H3,(H,24,26). The molecule has 0 radical (unpaired) electrons. The van der Waals surface area contributed by atoms with E-state index in [-0.39, 0.29) is 39.9 Å². The minimum absolute atomic E-state index is 0.0190. The second-order valence-corrected chi connectivity index (χ2v) is 20.4. The van der Waals surface area contributed by atoms with Crippen LogP contribution in [-0.4, -0.2) is 57.0 Å². The molecule has 61 heavy (non-hydrogen) atoms. The van der Waals surface area contributed by atoms with Crippen LogP contribution in [0.5, 0.6) is 17.2 Å². The van der Waals surface area contributed by atoms with Crippen molar-refractivity contribution in [3.63, 3.8) is 0 Å². The number of ether oxygens (including phenoxy) is 1. The Labute approximate surface area is 358 Å². The summed E-state index contributed by atoms with van der Waals surface area (Å²) in [7, 11) is -9.78. The predicted octanol–water partition coefficient (Wildman–Crippen LogP) is 10.9. The number of aromatic hydroxyl groups is 2. The third-order valence-corrected chi connectivity index (χ3v) is 12.4. The molecule has 0 aliphatic heterocycles. The van der Waals surface area contributed by atoms with Crippen LogP contribution in [0, 0.1) is 0 Å². The lowest BCUT2D eigenvalue weighted by atomic mass is 9.82. The topological polar surface area (TPSA) is 176 Å². The largest absolute Gasteiger partial charge is 0.507 e. The highest BCUT2D eigenvalue weighted by Crippen LogP contribution is 2.41. The maximum atomic E-state index is 13.0. The van der Waals surface area contributed by atoms with Gasteiger partial charge >= 0.3 is 11.0 Å². The minimum Gasteiger partial charge on any atom is -0.507 e. The number of benzene rings is 4. The highest BCUT2D eigenvalue weighted by Gasteiger charge is 2.48. The first kappa shape index (κ1) is 50.6. The molecule has 2 amide bonds. The lowest BCUT2D eigenvalue weighted by Gasteiger charge is -2.24. The highest BCUT2D eigenvalue weighted by molar-refractivity contribution is 7.92. The van der Waals surface area contributed by atoms with Gasteiger partial charge in [0.1, 0.15) is 17.2 Å². The Morgan fingerprint density at radius 3 is 1.43 bits per heavy atom. The van der Waals surface area contributed by atoms with Crippen molar-refractivity contribution in [1.29, 1.82) is 0 Å². The van der Waals surface area contributed by atoms with Crippen LogP contribution >= 0.6 is 23.2 Å². The summed E-state index contributed by atoms with van der Waals surface area (Å²) in [6.07, 6.45) is 0. The van der Waals surface area contributed by atoms with Crippen LogP contribution in [0.15, 0.2) is 70.5 Å². The molecule has 4 aromatic rings. The molecule has 0 unspecified atom stereocenters. The quantitative estimate of drug-likeness (QED) is 0.125. The summed E-state index contributed by atoms with van der Waals surface area (Å²) >= 11 is 11.8. The number of amides is 2. The number of nitrogens with one attached hydrogen (secondary N) is 2. The van der Waals surface area contributed by atoms with Crippen molar-refractivity contribution < 1.29 is 67.7 Å². The number of phenols is 2. The lowest BCUT2D eigenvalue weighted by Crippen LogP contribution is -2.23. The zero-order valence-corrected chi connectivity index (χ0v) is 37.1. The number of carbonyl (C=O) groups is 2. The summed E-state index contributed by atoms with van der Waals surface area (Å²) in [5, 5.41) is 25.4. The van der Waals surface area contributed by atoms with Crippen LogP contribution < -0.4 is 15.4 Å². The molecule has 0 fully saturated rings. The van der Waals surface area contributed by atoms with Crippen LogP contribution in [0.2, 0.25) is 10.0 Å². The van der Waals surface area contributed by atoms with E-state index in [0.29, 0.717) is 46.7 Å². The molecule has 11 nitrogen and oxygen atoms in total. The number of hydrogen-bond acceptors (Lipinski definition) is 9. The van der Waals surface area contributed by atoms with Crippen LogP contribution in [-0.2, 0) is 30.5 Å². The molecule has 4 aromatic carbocycles. The first-order valence-electron chi connectivity index (χ1n) is 17.7. The fourth-order valence-electron chi connectivity index (χ4n) is 5.57. The Morgan fingerprint density at radius 2 is 1.07 bits per heavy atom. The van der Waals surface area contributed by atoms with Gasteiger partial charge in [0.05, 0.1) is 49.4 Å². The molecule has 0 atom stereocenters. The number of sulfone groups is 2.